The quantitative estimate of drug-likeness (QED) is 0.765. The molecule has 0 aromatic heterocycles. The topological polar surface area (TPSA) is 41.9 Å². The lowest BCUT2D eigenvalue weighted by Gasteiger charge is -2.34. The van der Waals surface area contributed by atoms with Gasteiger partial charge in [-0.25, -0.2) is 0 Å². The summed E-state index contributed by atoms with van der Waals surface area (Å²) in [5.74, 6) is 0.0450. The summed E-state index contributed by atoms with van der Waals surface area (Å²) in [4.78, 5) is 2.38. The number of anilines is 1. The van der Waals surface area contributed by atoms with Crippen molar-refractivity contribution in [2.24, 2.45) is 5.92 Å². The lowest BCUT2D eigenvalue weighted by Crippen LogP contribution is -2.42. The molecule has 28 heavy (non-hydrogen) atoms. The van der Waals surface area contributed by atoms with E-state index in [0.29, 0.717) is 35.4 Å². The van der Waals surface area contributed by atoms with Crippen molar-refractivity contribution < 1.29 is 14.6 Å². The Hall–Kier alpha value is -1.30. The van der Waals surface area contributed by atoms with Gasteiger partial charge in [0.25, 0.3) is 0 Å². The zero-order valence-electron chi connectivity index (χ0n) is 15.5. The molecule has 3 aliphatic rings. The molecule has 0 bridgehead atoms. The highest BCUT2D eigenvalue weighted by Crippen LogP contribution is 2.47. The maximum atomic E-state index is 10.9. The summed E-state index contributed by atoms with van der Waals surface area (Å²) < 4.78 is 12.4. The van der Waals surface area contributed by atoms with E-state index in [1.165, 1.54) is 12.8 Å². The lowest BCUT2D eigenvalue weighted by molar-refractivity contribution is -0.265. The van der Waals surface area contributed by atoms with E-state index in [1.807, 2.05) is 12.1 Å². The van der Waals surface area contributed by atoms with Crippen LogP contribution in [-0.4, -0.2) is 31.4 Å². The smallest absolute Gasteiger partial charge is 0.215 e. The van der Waals surface area contributed by atoms with E-state index >= 15 is 0 Å². The van der Waals surface area contributed by atoms with E-state index in [4.69, 9.17) is 32.7 Å². The molecule has 1 unspecified atom stereocenters. The molecule has 4 nitrogen and oxygen atoms in total. The Bertz CT molecular complexity index is 893. The van der Waals surface area contributed by atoms with Crippen molar-refractivity contribution in [3.63, 3.8) is 0 Å². The minimum Gasteiger partial charge on any atom is -0.384 e. The molecule has 2 heterocycles. The first-order valence-corrected chi connectivity index (χ1v) is 10.6. The van der Waals surface area contributed by atoms with Crippen molar-refractivity contribution in [2.45, 2.75) is 31.2 Å². The minimum absolute atomic E-state index is 0.436. The number of aliphatic hydroxyl groups excluding tert-OH is 1. The largest absolute Gasteiger partial charge is 0.384 e. The summed E-state index contributed by atoms with van der Waals surface area (Å²) in [6.45, 7) is 3.13. The monoisotopic (exact) mass is 419 g/mol. The van der Waals surface area contributed by atoms with Crippen LogP contribution < -0.4 is 4.90 Å². The molecule has 0 amide bonds. The second kappa shape index (κ2) is 7.19. The lowest BCUT2D eigenvalue weighted by atomic mass is 9.97. The van der Waals surface area contributed by atoms with Crippen LogP contribution in [0.25, 0.3) is 0 Å². The highest BCUT2D eigenvalue weighted by molar-refractivity contribution is 6.42. The van der Waals surface area contributed by atoms with Crippen molar-refractivity contribution in [3.05, 3.63) is 63.1 Å². The third-order valence-electron chi connectivity index (χ3n) is 5.88. The molecule has 2 fully saturated rings. The van der Waals surface area contributed by atoms with Gasteiger partial charge in [0.1, 0.15) is 6.10 Å². The van der Waals surface area contributed by atoms with Crippen LogP contribution in [0.3, 0.4) is 0 Å². The van der Waals surface area contributed by atoms with E-state index in [0.717, 1.165) is 35.7 Å². The normalized spacial score (nSPS) is 21.8. The highest BCUT2D eigenvalue weighted by atomic mass is 35.5. The van der Waals surface area contributed by atoms with Crippen LogP contribution in [-0.2, 0) is 15.3 Å². The third kappa shape index (κ3) is 3.31. The predicted octanol–water partition coefficient (Wildman–Crippen LogP) is 4.89. The second-order valence-electron chi connectivity index (χ2n) is 7.98. The number of nitrogens with zero attached hydrogens (tertiary/aromatic N) is 1. The van der Waals surface area contributed by atoms with Gasteiger partial charge in [-0.1, -0.05) is 35.3 Å². The molecule has 2 aromatic rings. The van der Waals surface area contributed by atoms with Crippen LogP contribution in [0.15, 0.2) is 36.4 Å². The predicted molar refractivity (Wildman–Crippen MR) is 110 cm³/mol. The van der Waals surface area contributed by atoms with Gasteiger partial charge < -0.3 is 19.5 Å². The Morgan fingerprint density at radius 2 is 1.75 bits per heavy atom. The van der Waals surface area contributed by atoms with Crippen molar-refractivity contribution in [2.75, 3.05) is 31.2 Å². The van der Waals surface area contributed by atoms with E-state index < -0.39 is 11.9 Å². The van der Waals surface area contributed by atoms with Crippen molar-refractivity contribution >= 4 is 28.9 Å². The Morgan fingerprint density at radius 1 is 1.04 bits per heavy atom. The van der Waals surface area contributed by atoms with Crippen molar-refractivity contribution in [3.8, 4) is 0 Å². The Labute approximate surface area is 175 Å². The van der Waals surface area contributed by atoms with Gasteiger partial charge in [0, 0.05) is 17.8 Å². The van der Waals surface area contributed by atoms with Crippen LogP contribution in [0.5, 0.6) is 0 Å². The van der Waals surface area contributed by atoms with E-state index in [-0.39, 0.29) is 0 Å². The molecule has 2 aliphatic heterocycles. The Morgan fingerprint density at radius 3 is 2.46 bits per heavy atom. The first-order valence-electron chi connectivity index (χ1n) is 9.86. The molecule has 2 aromatic carbocycles. The zero-order chi connectivity index (χ0) is 19.3. The first kappa shape index (κ1) is 18.7. The second-order valence-corrected chi connectivity index (χ2v) is 8.79. The van der Waals surface area contributed by atoms with Gasteiger partial charge in [-0.05, 0) is 60.6 Å². The van der Waals surface area contributed by atoms with Gasteiger partial charge in [0.2, 0.25) is 5.79 Å². The maximum Gasteiger partial charge on any atom is 0.215 e. The van der Waals surface area contributed by atoms with Crippen LogP contribution in [0.1, 0.15) is 42.1 Å². The summed E-state index contributed by atoms with van der Waals surface area (Å²) in [5.41, 5.74) is 3.67. The third-order valence-corrected chi connectivity index (χ3v) is 6.62. The molecule has 1 atom stereocenters. The van der Waals surface area contributed by atoms with Gasteiger partial charge >= 0.3 is 0 Å². The minimum atomic E-state index is -0.793. The Balaban J connectivity index is 1.51. The van der Waals surface area contributed by atoms with Gasteiger partial charge in [-0.2, -0.15) is 0 Å². The molecular weight excluding hydrogens is 397 g/mol. The van der Waals surface area contributed by atoms with Crippen molar-refractivity contribution in [1.82, 2.24) is 0 Å². The molecule has 1 saturated carbocycles. The fourth-order valence-corrected chi connectivity index (χ4v) is 4.50. The number of hydrogen-bond donors (Lipinski definition) is 1. The molecule has 1 spiro atoms. The number of rotatable bonds is 4. The van der Waals surface area contributed by atoms with Crippen LogP contribution in [0, 0.1) is 5.92 Å². The molecule has 1 N–H and O–H groups in total. The van der Waals surface area contributed by atoms with E-state index in [1.54, 1.807) is 18.2 Å². The van der Waals surface area contributed by atoms with E-state index in [2.05, 4.69) is 11.0 Å². The molecule has 148 valence electrons. The summed E-state index contributed by atoms with van der Waals surface area (Å²) in [5, 5.41) is 11.9. The number of fused-ring (bicyclic) bond motifs is 2. The standard InChI is InChI=1S/C22H23Cl2NO3/c23-18-6-4-16(11-19(18)24)21(26)15-5-7-20-17(10-15)22(27-8-1-9-28-22)13-25(20)12-14-2-3-14/h4-7,10-11,14,21,26H,1-3,8-9,12-13H2. The van der Waals surface area contributed by atoms with E-state index in [9.17, 15) is 5.11 Å². The van der Waals surface area contributed by atoms with Crippen LogP contribution in [0.4, 0.5) is 5.69 Å². The molecule has 0 radical (unpaired) electrons. The van der Waals surface area contributed by atoms with Gasteiger partial charge in [-0.3, -0.25) is 0 Å². The van der Waals surface area contributed by atoms with Crippen LogP contribution in [0.2, 0.25) is 10.0 Å². The summed E-state index contributed by atoms with van der Waals surface area (Å²) >= 11 is 12.2. The fourth-order valence-electron chi connectivity index (χ4n) is 4.20. The average Bonchev–Trinajstić information content (AvgIpc) is 3.48. The molecular formula is C22H23Cl2NO3. The zero-order valence-corrected chi connectivity index (χ0v) is 17.0. The van der Waals surface area contributed by atoms with Crippen molar-refractivity contribution in [1.29, 1.82) is 0 Å². The summed E-state index contributed by atoms with van der Waals surface area (Å²) in [6, 6.07) is 11.3. The molecule has 6 heteroatoms. The number of hydrogen-bond acceptors (Lipinski definition) is 4. The fraction of sp³-hybridized carbons (Fsp3) is 0.455. The first-order chi connectivity index (χ1) is 13.6. The molecule has 5 rings (SSSR count). The van der Waals surface area contributed by atoms with Gasteiger partial charge in [0.05, 0.1) is 29.8 Å². The summed E-state index contributed by atoms with van der Waals surface area (Å²) in [6.07, 6.45) is 2.72. The number of aliphatic hydroxyl groups is 1. The number of ether oxygens (including phenoxy) is 2. The maximum absolute atomic E-state index is 10.9. The number of benzene rings is 2. The Kier molecular flexibility index (Phi) is 4.80. The highest BCUT2D eigenvalue weighted by Gasteiger charge is 2.47. The van der Waals surface area contributed by atoms with Gasteiger partial charge in [-0.15, -0.1) is 0 Å². The van der Waals surface area contributed by atoms with Crippen LogP contribution >= 0.6 is 23.2 Å². The molecule has 1 saturated heterocycles. The van der Waals surface area contributed by atoms with Gasteiger partial charge in [0.15, 0.2) is 0 Å². The average molecular weight is 420 g/mol. The summed E-state index contributed by atoms with van der Waals surface area (Å²) in [7, 11) is 0. The number of halogens is 2. The SMILES string of the molecule is OC(c1ccc(Cl)c(Cl)c1)c1ccc2c(c1)C1(CN2CC2CC2)OCCCO1. The molecule has 1 aliphatic carbocycles.